The van der Waals surface area contributed by atoms with Gasteiger partial charge in [0.15, 0.2) is 17.3 Å². The lowest BCUT2D eigenvalue weighted by atomic mass is 10.1. The molecule has 0 N–H and O–H groups in total. The zero-order valence-electron chi connectivity index (χ0n) is 12.2. The van der Waals surface area contributed by atoms with Crippen molar-refractivity contribution in [3.05, 3.63) is 35.2 Å². The van der Waals surface area contributed by atoms with Crippen LogP contribution in [0.3, 0.4) is 0 Å². The van der Waals surface area contributed by atoms with Crippen LogP contribution in [0.15, 0.2) is 24.3 Å². The number of ether oxygens (including phenoxy) is 3. The van der Waals surface area contributed by atoms with Gasteiger partial charge in [0.1, 0.15) is 11.8 Å². The molecule has 0 spiro atoms. The summed E-state index contributed by atoms with van der Waals surface area (Å²) < 4.78 is 15.8. The maximum atomic E-state index is 6.05. The van der Waals surface area contributed by atoms with Crippen molar-refractivity contribution in [3.8, 4) is 22.8 Å². The Morgan fingerprint density at radius 3 is 2.48 bits per heavy atom. The Labute approximate surface area is 128 Å². The molecule has 0 amide bonds. The molecule has 1 aromatic carbocycles. The first kappa shape index (κ1) is 15.5. The highest BCUT2D eigenvalue weighted by atomic mass is 35.5. The molecule has 0 saturated carbocycles. The Kier molecular flexibility index (Phi) is 5.36. The van der Waals surface area contributed by atoms with Gasteiger partial charge in [-0.25, -0.2) is 9.97 Å². The van der Waals surface area contributed by atoms with E-state index in [0.29, 0.717) is 41.4 Å². The molecule has 0 bridgehead atoms. The maximum absolute atomic E-state index is 6.05. The van der Waals surface area contributed by atoms with E-state index in [2.05, 4.69) is 9.97 Å². The fraction of sp³-hybridized carbons (Fsp3) is 0.333. The molecule has 0 fully saturated rings. The third-order valence-corrected chi connectivity index (χ3v) is 3.05. The van der Waals surface area contributed by atoms with Gasteiger partial charge >= 0.3 is 0 Å². The number of halogens is 1. The minimum atomic E-state index is 0.331. The Morgan fingerprint density at radius 1 is 1.05 bits per heavy atom. The van der Waals surface area contributed by atoms with Crippen molar-refractivity contribution in [2.45, 2.75) is 13.5 Å². The summed E-state index contributed by atoms with van der Waals surface area (Å²) in [6.07, 6.45) is 0. The second kappa shape index (κ2) is 7.24. The number of hydrogen-bond donors (Lipinski definition) is 0. The molecule has 6 heteroatoms. The molecule has 0 radical (unpaired) electrons. The molecule has 0 saturated heterocycles. The molecule has 0 aliphatic carbocycles. The summed E-state index contributed by atoms with van der Waals surface area (Å²) in [5.41, 5.74) is 1.58. The fourth-order valence-corrected chi connectivity index (χ4v) is 2.07. The highest BCUT2D eigenvalue weighted by Gasteiger charge is 2.10. The number of benzene rings is 1. The smallest absolute Gasteiger partial charge is 0.161 e. The number of methoxy groups -OCH3 is 2. The summed E-state index contributed by atoms with van der Waals surface area (Å²) in [4.78, 5) is 8.60. The van der Waals surface area contributed by atoms with Crippen molar-refractivity contribution in [1.29, 1.82) is 0 Å². The summed E-state index contributed by atoms with van der Waals surface area (Å²) in [7, 11) is 3.19. The molecule has 21 heavy (non-hydrogen) atoms. The molecule has 1 heterocycles. The lowest BCUT2D eigenvalue weighted by Gasteiger charge is -2.10. The normalized spacial score (nSPS) is 10.5. The van der Waals surface area contributed by atoms with Crippen LogP contribution in [-0.2, 0) is 11.3 Å². The molecular formula is C15H17ClN2O3. The second-order valence-electron chi connectivity index (χ2n) is 4.20. The molecule has 0 aliphatic heterocycles. The lowest BCUT2D eigenvalue weighted by molar-refractivity contribution is 0.128. The third kappa shape index (κ3) is 3.83. The summed E-state index contributed by atoms with van der Waals surface area (Å²) in [5, 5.41) is 0.379. The van der Waals surface area contributed by atoms with Gasteiger partial charge in [0, 0.05) is 18.2 Å². The van der Waals surface area contributed by atoms with Gasteiger partial charge in [0.25, 0.3) is 0 Å². The standard InChI is InChI=1S/C15H17ClN2O3/c1-4-21-9-15-17-11(8-14(16)18-15)10-5-6-12(19-2)13(7-10)20-3/h5-8H,4,9H2,1-3H3. The van der Waals surface area contributed by atoms with Crippen LogP contribution in [-0.4, -0.2) is 30.8 Å². The van der Waals surface area contributed by atoms with E-state index in [0.717, 1.165) is 5.56 Å². The maximum Gasteiger partial charge on any atom is 0.161 e. The van der Waals surface area contributed by atoms with Crippen LogP contribution in [0.5, 0.6) is 11.5 Å². The predicted molar refractivity (Wildman–Crippen MR) is 80.9 cm³/mol. The van der Waals surface area contributed by atoms with E-state index in [1.54, 1.807) is 20.3 Å². The molecule has 2 aromatic rings. The van der Waals surface area contributed by atoms with Gasteiger partial charge < -0.3 is 14.2 Å². The van der Waals surface area contributed by atoms with Crippen molar-refractivity contribution < 1.29 is 14.2 Å². The summed E-state index contributed by atoms with van der Waals surface area (Å²) >= 11 is 6.05. The van der Waals surface area contributed by atoms with E-state index in [4.69, 9.17) is 25.8 Å². The van der Waals surface area contributed by atoms with E-state index < -0.39 is 0 Å². The minimum Gasteiger partial charge on any atom is -0.493 e. The number of nitrogens with zero attached hydrogens (tertiary/aromatic N) is 2. The zero-order chi connectivity index (χ0) is 15.2. The lowest BCUT2D eigenvalue weighted by Crippen LogP contribution is -2.01. The quantitative estimate of drug-likeness (QED) is 0.766. The van der Waals surface area contributed by atoms with Crippen molar-refractivity contribution in [2.75, 3.05) is 20.8 Å². The summed E-state index contributed by atoms with van der Waals surface area (Å²) in [6, 6.07) is 7.27. The number of hydrogen-bond acceptors (Lipinski definition) is 5. The summed E-state index contributed by atoms with van der Waals surface area (Å²) in [5.74, 6) is 1.85. The number of aromatic nitrogens is 2. The topological polar surface area (TPSA) is 53.5 Å². The zero-order valence-corrected chi connectivity index (χ0v) is 13.0. The van der Waals surface area contributed by atoms with Crippen molar-refractivity contribution in [1.82, 2.24) is 9.97 Å². The van der Waals surface area contributed by atoms with Crippen LogP contribution in [0.4, 0.5) is 0 Å². The van der Waals surface area contributed by atoms with E-state index in [1.807, 2.05) is 25.1 Å². The molecule has 0 aliphatic rings. The van der Waals surface area contributed by atoms with Crippen molar-refractivity contribution >= 4 is 11.6 Å². The Hall–Kier alpha value is -1.85. The Morgan fingerprint density at radius 2 is 1.81 bits per heavy atom. The average Bonchev–Trinajstić information content (AvgIpc) is 2.51. The Balaban J connectivity index is 2.39. The molecule has 112 valence electrons. The highest BCUT2D eigenvalue weighted by Crippen LogP contribution is 2.32. The average molecular weight is 309 g/mol. The van der Waals surface area contributed by atoms with Crippen LogP contribution in [0, 0.1) is 0 Å². The van der Waals surface area contributed by atoms with Gasteiger partial charge in [-0.15, -0.1) is 0 Å². The molecule has 0 unspecified atom stereocenters. The van der Waals surface area contributed by atoms with Crippen LogP contribution in [0.1, 0.15) is 12.7 Å². The fourth-order valence-electron chi connectivity index (χ4n) is 1.87. The summed E-state index contributed by atoms with van der Waals surface area (Å²) in [6.45, 7) is 2.85. The van der Waals surface area contributed by atoms with Crippen LogP contribution < -0.4 is 9.47 Å². The Bertz CT molecular complexity index is 620. The third-order valence-electron chi connectivity index (χ3n) is 2.86. The number of rotatable bonds is 6. The largest absolute Gasteiger partial charge is 0.493 e. The van der Waals surface area contributed by atoms with Gasteiger partial charge in [0.2, 0.25) is 0 Å². The van der Waals surface area contributed by atoms with Gasteiger partial charge in [-0.1, -0.05) is 11.6 Å². The first-order valence-corrected chi connectivity index (χ1v) is 6.89. The van der Waals surface area contributed by atoms with Crippen molar-refractivity contribution in [3.63, 3.8) is 0 Å². The molecule has 5 nitrogen and oxygen atoms in total. The molecular weight excluding hydrogens is 292 g/mol. The van der Waals surface area contributed by atoms with E-state index in [9.17, 15) is 0 Å². The first-order valence-electron chi connectivity index (χ1n) is 6.51. The second-order valence-corrected chi connectivity index (χ2v) is 4.59. The molecule has 1 aromatic heterocycles. The van der Waals surface area contributed by atoms with Crippen molar-refractivity contribution in [2.24, 2.45) is 0 Å². The van der Waals surface area contributed by atoms with Gasteiger partial charge in [-0.05, 0) is 25.1 Å². The highest BCUT2D eigenvalue weighted by molar-refractivity contribution is 6.29. The van der Waals surface area contributed by atoms with E-state index >= 15 is 0 Å². The van der Waals surface area contributed by atoms with Crippen LogP contribution >= 0.6 is 11.6 Å². The van der Waals surface area contributed by atoms with Gasteiger partial charge in [-0.3, -0.25) is 0 Å². The molecule has 2 rings (SSSR count). The van der Waals surface area contributed by atoms with E-state index in [1.165, 1.54) is 0 Å². The van der Waals surface area contributed by atoms with E-state index in [-0.39, 0.29) is 0 Å². The van der Waals surface area contributed by atoms with Gasteiger partial charge in [-0.2, -0.15) is 0 Å². The van der Waals surface area contributed by atoms with Gasteiger partial charge in [0.05, 0.1) is 19.9 Å². The first-order chi connectivity index (χ1) is 10.2. The SMILES string of the molecule is CCOCc1nc(Cl)cc(-c2ccc(OC)c(OC)c2)n1. The minimum absolute atomic E-state index is 0.331. The molecule has 0 atom stereocenters. The predicted octanol–water partition coefficient (Wildman–Crippen LogP) is 3.35. The monoisotopic (exact) mass is 308 g/mol. The van der Waals surface area contributed by atoms with Crippen LogP contribution in [0.25, 0.3) is 11.3 Å². The van der Waals surface area contributed by atoms with Crippen LogP contribution in [0.2, 0.25) is 5.15 Å².